The number of carbonyl (C=O) groups excluding carboxylic acids is 1. The van der Waals surface area contributed by atoms with Gasteiger partial charge in [-0.15, -0.1) is 0 Å². The molecule has 0 N–H and O–H groups in total. The third-order valence-corrected chi connectivity index (χ3v) is 6.19. The van der Waals surface area contributed by atoms with Gasteiger partial charge in [0.2, 0.25) is 0 Å². The number of Topliss-reactive ketones (excluding diaryl/α,β-unsaturated/α-hetero) is 1. The van der Waals surface area contributed by atoms with Gasteiger partial charge in [-0.3, -0.25) is 4.79 Å². The maximum atomic E-state index is 12.6. The van der Waals surface area contributed by atoms with Crippen molar-refractivity contribution in [1.82, 2.24) is 4.90 Å². The fourth-order valence-corrected chi connectivity index (χ4v) is 5.20. The minimum atomic E-state index is -0.624. The molecule has 0 spiro atoms. The molecule has 0 radical (unpaired) electrons. The maximum absolute atomic E-state index is 12.6. The van der Waals surface area contributed by atoms with Crippen molar-refractivity contribution in [3.05, 3.63) is 0 Å². The van der Waals surface area contributed by atoms with Gasteiger partial charge in [0.1, 0.15) is 5.60 Å². The number of fused-ring (bicyclic) bond motifs is 2. The maximum Gasteiger partial charge on any atom is 0.171 e. The van der Waals surface area contributed by atoms with Crippen LogP contribution < -0.4 is 0 Å². The van der Waals surface area contributed by atoms with Crippen molar-refractivity contribution >= 4 is 5.78 Å². The van der Waals surface area contributed by atoms with Crippen LogP contribution in [-0.2, 0) is 9.53 Å². The molecule has 3 heteroatoms. The first-order valence-electron chi connectivity index (χ1n) is 8.62. The summed E-state index contributed by atoms with van der Waals surface area (Å²) in [5, 5.41) is 0. The SMILES string of the molecule is CN(CC1CC2CCC1C2)CC1C(=O)C(C)(C)OC1(C)C. The van der Waals surface area contributed by atoms with Crippen molar-refractivity contribution in [1.29, 1.82) is 0 Å². The number of hydrogen-bond donors (Lipinski definition) is 0. The van der Waals surface area contributed by atoms with Gasteiger partial charge >= 0.3 is 0 Å². The van der Waals surface area contributed by atoms with Gasteiger partial charge < -0.3 is 9.64 Å². The number of carbonyl (C=O) groups is 1. The third kappa shape index (κ3) is 2.79. The van der Waals surface area contributed by atoms with Crippen LogP contribution in [-0.4, -0.2) is 42.0 Å². The first-order valence-corrected chi connectivity index (χ1v) is 8.62. The fraction of sp³-hybridized carbons (Fsp3) is 0.944. The highest BCUT2D eigenvalue weighted by Gasteiger charge is 2.53. The smallest absolute Gasteiger partial charge is 0.171 e. The Morgan fingerprint density at radius 1 is 1.14 bits per heavy atom. The highest BCUT2D eigenvalue weighted by molar-refractivity contribution is 5.91. The van der Waals surface area contributed by atoms with E-state index in [0.717, 1.165) is 30.8 Å². The molecule has 4 atom stereocenters. The van der Waals surface area contributed by atoms with Crippen molar-refractivity contribution in [2.45, 2.75) is 64.6 Å². The first kappa shape index (κ1) is 15.5. The second-order valence-corrected chi connectivity index (χ2v) is 8.79. The Hall–Kier alpha value is -0.410. The molecule has 1 heterocycles. The summed E-state index contributed by atoms with van der Waals surface area (Å²) in [6.07, 6.45) is 5.77. The Morgan fingerprint density at radius 3 is 2.33 bits per heavy atom. The lowest BCUT2D eigenvalue weighted by Gasteiger charge is -2.32. The lowest BCUT2D eigenvalue weighted by molar-refractivity contribution is -0.132. The van der Waals surface area contributed by atoms with Gasteiger partial charge in [-0.1, -0.05) is 6.42 Å². The standard InChI is InChI=1S/C18H31NO2/c1-17(2)15(16(20)18(3,4)21-17)11-19(5)10-14-9-12-6-7-13(14)8-12/h12-15H,6-11H2,1-5H3. The highest BCUT2D eigenvalue weighted by Crippen LogP contribution is 2.48. The van der Waals surface area contributed by atoms with E-state index in [0.29, 0.717) is 0 Å². The zero-order chi connectivity index (χ0) is 15.4. The van der Waals surface area contributed by atoms with Crippen molar-refractivity contribution in [2.75, 3.05) is 20.1 Å². The normalized spacial score (nSPS) is 40.4. The number of ketones is 1. The summed E-state index contributed by atoms with van der Waals surface area (Å²) in [4.78, 5) is 15.0. The van der Waals surface area contributed by atoms with Crippen molar-refractivity contribution in [2.24, 2.45) is 23.7 Å². The number of hydrogen-bond acceptors (Lipinski definition) is 3. The molecule has 3 fully saturated rings. The monoisotopic (exact) mass is 293 g/mol. The average Bonchev–Trinajstić information content (AvgIpc) is 2.98. The topological polar surface area (TPSA) is 29.5 Å². The van der Waals surface area contributed by atoms with Crippen LogP contribution in [0.15, 0.2) is 0 Å². The van der Waals surface area contributed by atoms with Crippen molar-refractivity contribution in [3.8, 4) is 0 Å². The summed E-state index contributed by atoms with van der Waals surface area (Å²) in [7, 11) is 2.18. The minimum absolute atomic E-state index is 0.00362. The Kier molecular flexibility index (Phi) is 3.73. The number of rotatable bonds is 4. The molecule has 3 aliphatic rings. The van der Waals surface area contributed by atoms with Gasteiger partial charge in [0.05, 0.1) is 11.5 Å². The van der Waals surface area contributed by atoms with Crippen LogP contribution in [0.4, 0.5) is 0 Å². The zero-order valence-electron chi connectivity index (χ0n) is 14.3. The van der Waals surface area contributed by atoms with E-state index in [1.807, 2.05) is 13.8 Å². The van der Waals surface area contributed by atoms with E-state index in [1.165, 1.54) is 25.7 Å². The largest absolute Gasteiger partial charge is 0.361 e. The van der Waals surface area contributed by atoms with Gasteiger partial charge in [0.15, 0.2) is 5.78 Å². The van der Waals surface area contributed by atoms with Gasteiger partial charge in [0.25, 0.3) is 0 Å². The Bertz CT molecular complexity index is 429. The highest BCUT2D eigenvalue weighted by atomic mass is 16.5. The van der Waals surface area contributed by atoms with Crippen LogP contribution in [0.2, 0.25) is 0 Å². The van der Waals surface area contributed by atoms with Crippen LogP contribution in [0.5, 0.6) is 0 Å². The summed E-state index contributed by atoms with van der Waals surface area (Å²) in [5.74, 6) is 3.09. The molecule has 0 amide bonds. The quantitative estimate of drug-likeness (QED) is 0.797. The summed E-state index contributed by atoms with van der Waals surface area (Å²) in [5.41, 5.74) is -0.967. The molecule has 21 heavy (non-hydrogen) atoms. The summed E-state index contributed by atoms with van der Waals surface area (Å²) in [6.45, 7) is 9.94. The van der Waals surface area contributed by atoms with Crippen LogP contribution in [0.1, 0.15) is 53.4 Å². The molecule has 3 rings (SSSR count). The summed E-state index contributed by atoms with van der Waals surface area (Å²) in [6, 6.07) is 0. The van der Waals surface area contributed by atoms with E-state index in [-0.39, 0.29) is 17.3 Å². The van der Waals surface area contributed by atoms with E-state index in [4.69, 9.17) is 4.74 Å². The molecular weight excluding hydrogens is 262 g/mol. The van der Waals surface area contributed by atoms with Gasteiger partial charge in [-0.25, -0.2) is 0 Å². The van der Waals surface area contributed by atoms with E-state index in [1.54, 1.807) is 0 Å². The van der Waals surface area contributed by atoms with Crippen LogP contribution in [0.3, 0.4) is 0 Å². The summed E-state index contributed by atoms with van der Waals surface area (Å²) >= 11 is 0. The lowest BCUT2D eigenvalue weighted by atomic mass is 9.84. The van der Waals surface area contributed by atoms with Gasteiger partial charge in [-0.2, -0.15) is 0 Å². The molecule has 0 aromatic carbocycles. The fourth-order valence-electron chi connectivity index (χ4n) is 5.20. The molecule has 2 saturated carbocycles. The molecule has 4 unspecified atom stereocenters. The molecule has 1 saturated heterocycles. The number of nitrogens with zero attached hydrogens (tertiary/aromatic N) is 1. The molecule has 3 nitrogen and oxygen atoms in total. The van der Waals surface area contributed by atoms with Crippen molar-refractivity contribution in [3.63, 3.8) is 0 Å². The lowest BCUT2D eigenvalue weighted by Crippen LogP contribution is -2.41. The van der Waals surface area contributed by atoms with Gasteiger partial charge in [-0.05, 0) is 71.8 Å². The van der Waals surface area contributed by atoms with E-state index in [9.17, 15) is 4.79 Å². The van der Waals surface area contributed by atoms with Crippen LogP contribution in [0.25, 0.3) is 0 Å². The van der Waals surface area contributed by atoms with Gasteiger partial charge in [0, 0.05) is 13.1 Å². The molecule has 120 valence electrons. The zero-order valence-corrected chi connectivity index (χ0v) is 14.3. The first-order chi connectivity index (χ1) is 9.69. The van der Waals surface area contributed by atoms with Crippen molar-refractivity contribution < 1.29 is 9.53 Å². The van der Waals surface area contributed by atoms with Crippen LogP contribution >= 0.6 is 0 Å². The molecule has 0 aromatic rings. The van der Waals surface area contributed by atoms with E-state index in [2.05, 4.69) is 25.8 Å². The second-order valence-electron chi connectivity index (χ2n) is 8.79. The average molecular weight is 293 g/mol. The second kappa shape index (κ2) is 5.06. The molecule has 1 aliphatic heterocycles. The predicted molar refractivity (Wildman–Crippen MR) is 84.2 cm³/mol. The Labute approximate surface area is 129 Å². The molecule has 2 aliphatic carbocycles. The van der Waals surface area contributed by atoms with Crippen LogP contribution in [0, 0.1) is 23.7 Å². The molecule has 0 aromatic heterocycles. The molecular formula is C18H31NO2. The minimum Gasteiger partial charge on any atom is -0.361 e. The van der Waals surface area contributed by atoms with E-state index >= 15 is 0 Å². The Morgan fingerprint density at radius 2 is 1.86 bits per heavy atom. The predicted octanol–water partition coefficient (Wildman–Crippen LogP) is 3.13. The Balaban J connectivity index is 1.59. The molecule has 2 bridgehead atoms. The van der Waals surface area contributed by atoms with E-state index < -0.39 is 5.60 Å². The third-order valence-electron chi connectivity index (χ3n) is 6.19. The summed E-state index contributed by atoms with van der Waals surface area (Å²) < 4.78 is 6.01. The number of ether oxygens (including phenoxy) is 1.